The van der Waals surface area contributed by atoms with Gasteiger partial charge >= 0.3 is 0 Å². The van der Waals surface area contributed by atoms with Gasteiger partial charge in [-0.2, -0.15) is 4.39 Å². The second-order valence-corrected chi connectivity index (χ2v) is 10.8. The quantitative estimate of drug-likeness (QED) is 0.224. The predicted molar refractivity (Wildman–Crippen MR) is 143 cm³/mol. The average Bonchev–Trinajstić information content (AvgIpc) is 2.93. The molecule has 2 nitrogen and oxygen atoms in total. The largest absolute Gasteiger partial charge is 0.491 e. The summed E-state index contributed by atoms with van der Waals surface area (Å²) in [5.41, 5.74) is 1.14. The van der Waals surface area contributed by atoms with E-state index in [0.717, 1.165) is 70.8 Å². The number of benzene rings is 2. The molecule has 0 radical (unpaired) electrons. The summed E-state index contributed by atoms with van der Waals surface area (Å²) in [5, 5.41) is 0. The lowest BCUT2D eigenvalue weighted by Gasteiger charge is -2.30. The monoisotopic (exact) mass is 532 g/mol. The SMILES string of the molecule is CCCCOC1CCC(c2ccc(C3CCC(/C=C/c4ccc(OCC)c(F)c4F)CC3)c(F)c2F)CC1. The minimum atomic E-state index is -0.980. The molecule has 0 unspecified atom stereocenters. The number of allylic oxidation sites excluding steroid dienone is 1. The standard InChI is InChI=1S/C32H40F4O2/c1-3-5-20-38-25-15-12-23(13-16-25)27-18-17-26(30(34)31(27)35)22-9-6-21(7-10-22)8-11-24-14-19-28(37-4-2)32(36)29(24)33/h8,11,14,17-19,21-23,25H,3-7,9-10,12-13,15-16,20H2,1-2H3/b11-8+. The number of rotatable bonds is 10. The highest BCUT2D eigenvalue weighted by molar-refractivity contribution is 5.52. The van der Waals surface area contributed by atoms with Gasteiger partial charge in [-0.25, -0.2) is 13.2 Å². The first kappa shape index (κ1) is 28.7. The lowest BCUT2D eigenvalue weighted by molar-refractivity contribution is 0.0230. The van der Waals surface area contributed by atoms with Crippen molar-refractivity contribution in [2.45, 2.75) is 96.0 Å². The summed E-state index contributed by atoms with van der Waals surface area (Å²) in [6.07, 6.45) is 12.4. The van der Waals surface area contributed by atoms with Crippen LogP contribution < -0.4 is 4.74 Å². The first-order valence-corrected chi connectivity index (χ1v) is 14.3. The number of halogens is 4. The Hall–Kier alpha value is -2.34. The van der Waals surface area contributed by atoms with E-state index in [1.54, 1.807) is 25.1 Å². The molecule has 208 valence electrons. The zero-order valence-electron chi connectivity index (χ0n) is 22.6. The Labute approximate surface area is 224 Å². The second-order valence-electron chi connectivity index (χ2n) is 10.8. The van der Waals surface area contributed by atoms with E-state index in [-0.39, 0.29) is 41.8 Å². The van der Waals surface area contributed by atoms with Gasteiger partial charge in [-0.05, 0) is 106 Å². The Bertz CT molecular complexity index is 1080. The lowest BCUT2D eigenvalue weighted by atomic mass is 9.77. The highest BCUT2D eigenvalue weighted by Gasteiger charge is 2.29. The van der Waals surface area contributed by atoms with Gasteiger partial charge in [0.15, 0.2) is 23.2 Å². The normalized spacial score (nSPS) is 24.2. The molecule has 2 saturated carbocycles. The van der Waals surface area contributed by atoms with E-state index in [4.69, 9.17) is 9.47 Å². The minimum absolute atomic E-state index is 0.0365. The van der Waals surface area contributed by atoms with Crippen LogP contribution in [0.4, 0.5) is 17.6 Å². The van der Waals surface area contributed by atoms with Gasteiger partial charge in [0.1, 0.15) is 0 Å². The molecular weight excluding hydrogens is 492 g/mol. The molecule has 0 N–H and O–H groups in total. The third-order valence-electron chi connectivity index (χ3n) is 8.24. The third kappa shape index (κ3) is 6.80. The van der Waals surface area contributed by atoms with Crippen molar-refractivity contribution in [1.29, 1.82) is 0 Å². The summed E-state index contributed by atoms with van der Waals surface area (Å²) in [7, 11) is 0. The highest BCUT2D eigenvalue weighted by Crippen LogP contribution is 2.41. The Morgan fingerprint density at radius 1 is 0.737 bits per heavy atom. The van der Waals surface area contributed by atoms with Crippen LogP contribution in [0.1, 0.15) is 107 Å². The zero-order valence-corrected chi connectivity index (χ0v) is 22.6. The van der Waals surface area contributed by atoms with Gasteiger partial charge in [0.05, 0.1) is 12.7 Å². The molecule has 2 aliphatic carbocycles. The molecule has 2 aliphatic rings. The summed E-state index contributed by atoms with van der Waals surface area (Å²) >= 11 is 0. The molecule has 0 aliphatic heterocycles. The molecule has 4 rings (SSSR count). The summed E-state index contributed by atoms with van der Waals surface area (Å²) in [6.45, 7) is 4.89. The first-order valence-electron chi connectivity index (χ1n) is 14.3. The fourth-order valence-corrected chi connectivity index (χ4v) is 5.95. The molecule has 2 fully saturated rings. The van der Waals surface area contributed by atoms with Gasteiger partial charge in [-0.15, -0.1) is 0 Å². The third-order valence-corrected chi connectivity index (χ3v) is 8.24. The van der Waals surface area contributed by atoms with Crippen LogP contribution in [0.3, 0.4) is 0 Å². The summed E-state index contributed by atoms with van der Waals surface area (Å²) in [4.78, 5) is 0. The Kier molecular flexibility index (Phi) is 10.3. The maximum absolute atomic E-state index is 15.2. The summed E-state index contributed by atoms with van der Waals surface area (Å²) < 4.78 is 69.9. The maximum atomic E-state index is 15.2. The van der Waals surface area contributed by atoms with Crippen LogP contribution in [0.2, 0.25) is 0 Å². The lowest BCUT2D eigenvalue weighted by Crippen LogP contribution is -2.22. The van der Waals surface area contributed by atoms with Crippen molar-refractivity contribution < 1.29 is 27.0 Å². The van der Waals surface area contributed by atoms with Gasteiger partial charge in [0.25, 0.3) is 0 Å². The fraction of sp³-hybridized carbons (Fsp3) is 0.562. The van der Waals surface area contributed by atoms with E-state index in [1.807, 2.05) is 6.08 Å². The van der Waals surface area contributed by atoms with Crippen molar-refractivity contribution in [3.8, 4) is 5.75 Å². The zero-order chi connectivity index (χ0) is 27.1. The van der Waals surface area contributed by atoms with Crippen LogP contribution in [-0.2, 0) is 4.74 Å². The highest BCUT2D eigenvalue weighted by atomic mass is 19.2. The second kappa shape index (κ2) is 13.6. The molecular formula is C32H40F4O2. The van der Waals surface area contributed by atoms with Crippen LogP contribution in [-0.4, -0.2) is 19.3 Å². The van der Waals surface area contributed by atoms with E-state index in [1.165, 1.54) is 12.1 Å². The van der Waals surface area contributed by atoms with Crippen molar-refractivity contribution in [2.75, 3.05) is 13.2 Å². The van der Waals surface area contributed by atoms with Gasteiger partial charge in [-0.3, -0.25) is 0 Å². The molecule has 0 saturated heterocycles. The Morgan fingerprint density at radius 2 is 1.34 bits per heavy atom. The predicted octanol–water partition coefficient (Wildman–Crippen LogP) is 9.47. The van der Waals surface area contributed by atoms with Crippen LogP contribution in [0, 0.1) is 29.2 Å². The molecule has 0 bridgehead atoms. The number of hydrogen-bond donors (Lipinski definition) is 0. The van der Waals surface area contributed by atoms with Gasteiger partial charge < -0.3 is 9.47 Å². The van der Waals surface area contributed by atoms with Crippen molar-refractivity contribution in [1.82, 2.24) is 0 Å². The molecule has 38 heavy (non-hydrogen) atoms. The number of unbranched alkanes of at least 4 members (excludes halogenated alkanes) is 1. The topological polar surface area (TPSA) is 18.5 Å². The fourth-order valence-electron chi connectivity index (χ4n) is 5.95. The van der Waals surface area contributed by atoms with Gasteiger partial charge in [0.2, 0.25) is 5.82 Å². The first-order chi connectivity index (χ1) is 18.4. The van der Waals surface area contributed by atoms with Crippen molar-refractivity contribution in [3.63, 3.8) is 0 Å². The summed E-state index contributed by atoms with van der Waals surface area (Å²) in [6, 6.07) is 6.53. The van der Waals surface area contributed by atoms with E-state index in [0.29, 0.717) is 11.1 Å². The number of ether oxygens (including phenoxy) is 2. The molecule has 0 spiro atoms. The van der Waals surface area contributed by atoms with Crippen LogP contribution >= 0.6 is 0 Å². The van der Waals surface area contributed by atoms with Crippen LogP contribution in [0.15, 0.2) is 30.3 Å². The smallest absolute Gasteiger partial charge is 0.201 e. The van der Waals surface area contributed by atoms with E-state index < -0.39 is 23.3 Å². The van der Waals surface area contributed by atoms with Crippen LogP contribution in [0.5, 0.6) is 5.75 Å². The molecule has 0 heterocycles. The van der Waals surface area contributed by atoms with E-state index in [2.05, 4.69) is 6.92 Å². The molecule has 6 heteroatoms. The Morgan fingerprint density at radius 3 is 1.92 bits per heavy atom. The molecule has 0 amide bonds. The minimum Gasteiger partial charge on any atom is -0.491 e. The maximum Gasteiger partial charge on any atom is 0.201 e. The molecule has 2 aromatic rings. The molecule has 2 aromatic carbocycles. The average molecular weight is 533 g/mol. The Balaban J connectivity index is 1.33. The van der Waals surface area contributed by atoms with Crippen molar-refractivity contribution in [2.24, 2.45) is 5.92 Å². The van der Waals surface area contributed by atoms with Crippen LogP contribution in [0.25, 0.3) is 6.08 Å². The van der Waals surface area contributed by atoms with E-state index >= 15 is 8.78 Å². The van der Waals surface area contributed by atoms with E-state index in [9.17, 15) is 8.78 Å². The van der Waals surface area contributed by atoms with Gasteiger partial charge in [0, 0.05) is 12.2 Å². The molecule has 0 aromatic heterocycles. The molecule has 0 atom stereocenters. The van der Waals surface area contributed by atoms with Crippen molar-refractivity contribution in [3.05, 3.63) is 70.3 Å². The summed E-state index contributed by atoms with van der Waals surface area (Å²) in [5.74, 6) is -3.19. The van der Waals surface area contributed by atoms with Gasteiger partial charge in [-0.1, -0.05) is 37.6 Å². The van der Waals surface area contributed by atoms with Crippen molar-refractivity contribution >= 4 is 6.08 Å². The number of hydrogen-bond acceptors (Lipinski definition) is 2.